The van der Waals surface area contributed by atoms with E-state index in [4.69, 9.17) is 17.0 Å². The summed E-state index contributed by atoms with van der Waals surface area (Å²) < 4.78 is 119. The van der Waals surface area contributed by atoms with E-state index in [2.05, 4.69) is 95.4 Å². The number of aryl methyl sites for hydroxylation is 1. The number of fused-ring (bicyclic) bond motifs is 2. The van der Waals surface area contributed by atoms with E-state index in [-0.39, 0.29) is 17.7 Å². The first-order valence-electron chi connectivity index (χ1n) is 18.4. The average Bonchev–Trinajstić information content (AvgIpc) is 3.75. The van der Waals surface area contributed by atoms with Crippen molar-refractivity contribution in [2.45, 2.75) is 96.3 Å². The van der Waals surface area contributed by atoms with Crippen molar-refractivity contribution in [3.8, 4) is 22.3 Å². The molecule has 0 aliphatic heterocycles. The second kappa shape index (κ2) is 21.1. The Morgan fingerprint density at radius 1 is 0.638 bits per heavy atom. The van der Waals surface area contributed by atoms with Crippen molar-refractivity contribution in [3.05, 3.63) is 131 Å². The van der Waals surface area contributed by atoms with Crippen molar-refractivity contribution in [1.29, 1.82) is 0 Å². The van der Waals surface area contributed by atoms with Gasteiger partial charge in [-0.25, -0.2) is 0 Å². The molecule has 0 saturated carbocycles. The van der Waals surface area contributed by atoms with Gasteiger partial charge < -0.3 is 0 Å². The van der Waals surface area contributed by atoms with Gasteiger partial charge in [-0.1, -0.05) is 126 Å². The summed E-state index contributed by atoms with van der Waals surface area (Å²) in [5.41, 5.74) is -0.783. The predicted octanol–water partition coefficient (Wildman–Crippen LogP) is 16.9. The Balaban J connectivity index is 0.000000278. The van der Waals surface area contributed by atoms with E-state index >= 15 is 0 Å². The topological polar surface area (TPSA) is 0 Å². The maximum absolute atomic E-state index is 13.2. The summed E-state index contributed by atoms with van der Waals surface area (Å²) in [6, 6.07) is 31.3. The Morgan fingerprint density at radius 2 is 1.05 bits per heavy atom. The fraction of sp³-hybridized carbons (Fsp3) is 0.333. The number of hydrogen-bond donors (Lipinski definition) is 0. The van der Waals surface area contributed by atoms with E-state index in [1.165, 1.54) is 45.9 Å². The number of hydrogen-bond acceptors (Lipinski definition) is 0. The molecular formula is C45H45Cl2F9SiZr. The van der Waals surface area contributed by atoms with Crippen molar-refractivity contribution < 1.29 is 60.4 Å². The van der Waals surface area contributed by atoms with E-state index in [1.54, 1.807) is 31.2 Å². The third-order valence-corrected chi connectivity index (χ3v) is 9.75. The summed E-state index contributed by atoms with van der Waals surface area (Å²) in [7, 11) is 11.0. The molecule has 0 aliphatic carbocycles. The van der Waals surface area contributed by atoms with Gasteiger partial charge in [-0.3, -0.25) is 0 Å². The molecule has 58 heavy (non-hydrogen) atoms. The van der Waals surface area contributed by atoms with Crippen LogP contribution in [0.15, 0.2) is 109 Å². The van der Waals surface area contributed by atoms with Crippen molar-refractivity contribution in [3.63, 3.8) is 0 Å². The Hall–Kier alpha value is -2.85. The third kappa shape index (κ3) is 11.3. The van der Waals surface area contributed by atoms with Crippen molar-refractivity contribution in [1.82, 2.24) is 0 Å². The van der Waals surface area contributed by atoms with Crippen LogP contribution in [0.1, 0.15) is 74.6 Å². The minimum atomic E-state index is -6.63. The van der Waals surface area contributed by atoms with Gasteiger partial charge in [0.1, 0.15) is 0 Å². The van der Waals surface area contributed by atoms with Crippen LogP contribution in [0.2, 0.25) is 13.1 Å². The predicted molar refractivity (Wildman–Crippen MR) is 221 cm³/mol. The number of alkyl halides is 9. The molecule has 6 aromatic rings. The number of benzene rings is 4. The first-order valence-corrected chi connectivity index (χ1v) is 26.8. The van der Waals surface area contributed by atoms with Crippen LogP contribution in [-0.2, 0) is 26.3 Å². The van der Waals surface area contributed by atoms with E-state index < -0.39 is 50.4 Å². The van der Waals surface area contributed by atoms with Crippen molar-refractivity contribution >= 4 is 48.1 Å². The standard InChI is InChI=1S/C23H27.C20H12F9.C2H6Si.2ClH.Zr/c1-5-7-17(4)21-14-20-8-6-9-22(23(20)15-21)19-12-10-18(11-13-19)16(2)3;1-11-9-13-3-2-4-15(16(13)10-11)12-5-7-14(8-6-12)17(18(21,22)23,19(24,25)26)20(27,28)29;1-3-2;;;/h6,8-17H,5,7H2,1-4H3;2-10H,1H3;1-2H3;2*1H;/q2*-1;;;;+4/p-2. The fourth-order valence-corrected chi connectivity index (χ4v) is 6.95. The summed E-state index contributed by atoms with van der Waals surface area (Å²) in [6.45, 7) is 15.2. The Kier molecular flexibility index (Phi) is 18.0. The van der Waals surface area contributed by atoms with Crippen LogP contribution in [0.4, 0.5) is 39.5 Å². The Bertz CT molecular complexity index is 2120. The van der Waals surface area contributed by atoms with Crippen LogP contribution in [-0.4, -0.2) is 28.0 Å². The third-order valence-electron chi connectivity index (χ3n) is 9.75. The van der Waals surface area contributed by atoms with Gasteiger partial charge in [0.25, 0.3) is 5.41 Å². The monoisotopic (exact) mass is 944 g/mol. The van der Waals surface area contributed by atoms with Gasteiger partial charge in [0, 0.05) is 9.52 Å². The van der Waals surface area contributed by atoms with Crippen LogP contribution < -0.4 is 0 Å². The van der Waals surface area contributed by atoms with Gasteiger partial charge >= 0.3 is 56.4 Å². The average molecular weight is 947 g/mol. The molecule has 13 heteroatoms. The zero-order chi connectivity index (χ0) is 43.6. The van der Waals surface area contributed by atoms with Gasteiger partial charge in [-0.2, -0.15) is 51.6 Å². The number of halogens is 11. The van der Waals surface area contributed by atoms with Crippen LogP contribution in [0.3, 0.4) is 0 Å². The quantitative estimate of drug-likeness (QED) is 0.0850. The van der Waals surface area contributed by atoms with Gasteiger partial charge in [0.15, 0.2) is 0 Å². The summed E-state index contributed by atoms with van der Waals surface area (Å²) in [4.78, 5) is 0. The van der Waals surface area contributed by atoms with Crippen LogP contribution in [0, 0.1) is 6.92 Å². The van der Waals surface area contributed by atoms with Gasteiger partial charge in [0.2, 0.25) is 0 Å². The van der Waals surface area contributed by atoms with E-state index in [9.17, 15) is 39.5 Å². The molecule has 0 aliphatic rings. The normalized spacial score (nSPS) is 12.5. The van der Waals surface area contributed by atoms with E-state index in [0.717, 1.165) is 32.6 Å². The van der Waals surface area contributed by atoms with Crippen LogP contribution in [0.5, 0.6) is 0 Å². The summed E-state index contributed by atoms with van der Waals surface area (Å²) in [5.74, 6) is 1.23. The molecule has 6 rings (SSSR count). The van der Waals surface area contributed by atoms with Gasteiger partial charge in [-0.05, 0) is 40.5 Å². The van der Waals surface area contributed by atoms with Crippen LogP contribution in [0.25, 0.3) is 43.8 Å². The molecule has 6 aromatic carbocycles. The first-order chi connectivity index (χ1) is 27.1. The molecule has 0 spiro atoms. The molecule has 0 amide bonds. The molecule has 310 valence electrons. The summed E-state index contributed by atoms with van der Waals surface area (Å²) >= 11 is -0.826. The second-order valence-corrected chi connectivity index (χ2v) is 19.0. The minimum absolute atomic E-state index is 0.199. The maximum atomic E-state index is 13.2. The fourth-order valence-electron chi connectivity index (χ4n) is 6.95. The molecule has 2 radical (unpaired) electrons. The van der Waals surface area contributed by atoms with E-state index in [1.807, 2.05) is 6.07 Å². The molecule has 0 bridgehead atoms. The van der Waals surface area contributed by atoms with Crippen LogP contribution >= 0.6 is 17.0 Å². The molecule has 0 aromatic heterocycles. The summed E-state index contributed by atoms with van der Waals surface area (Å²) in [5, 5.41) is 4.24. The van der Waals surface area contributed by atoms with Gasteiger partial charge in [0.05, 0.1) is 0 Å². The Labute approximate surface area is 356 Å². The first kappa shape index (κ1) is 49.5. The number of rotatable bonds is 7. The molecule has 0 fully saturated rings. The Morgan fingerprint density at radius 3 is 1.47 bits per heavy atom. The zero-order valence-corrected chi connectivity index (χ0v) is 38.1. The van der Waals surface area contributed by atoms with Gasteiger partial charge in [-0.15, -0.1) is 69.1 Å². The van der Waals surface area contributed by atoms with E-state index in [0.29, 0.717) is 22.8 Å². The van der Waals surface area contributed by atoms with Crippen molar-refractivity contribution in [2.24, 2.45) is 0 Å². The molecule has 0 saturated heterocycles. The molecule has 0 N–H and O–H groups in total. The molecule has 0 nitrogen and oxygen atoms in total. The zero-order valence-electron chi connectivity index (χ0n) is 33.1. The summed E-state index contributed by atoms with van der Waals surface area (Å²) in [6.07, 6.45) is -17.4. The molecule has 0 heterocycles. The SMILES string of the molecule is CCCC(C)c1cc2c(-c3ccc(C(C)C)cc3)cccc2[cH-]1.C[Si]C.Cc1cc2c(-c3ccc(C(C(F)(F)F)(C(F)(F)F)C(F)(F)F)cc3)cccc2[cH-]1.[Cl][Zr+2][Cl]. The molecule has 1 unspecified atom stereocenters. The molecule has 1 atom stereocenters. The second-order valence-electron chi connectivity index (χ2n) is 14.3. The molecular weight excluding hydrogens is 902 g/mol. The van der Waals surface area contributed by atoms with Crippen molar-refractivity contribution in [2.75, 3.05) is 0 Å².